The topological polar surface area (TPSA) is 106 Å². The molecule has 1 aliphatic heterocycles. The van der Waals surface area contributed by atoms with Gasteiger partial charge in [0.15, 0.2) is 11.5 Å². The minimum atomic E-state index is -0.355. The van der Waals surface area contributed by atoms with E-state index in [1.54, 1.807) is 33.5 Å². The van der Waals surface area contributed by atoms with Crippen LogP contribution in [0.4, 0.5) is 5.69 Å². The predicted octanol–water partition coefficient (Wildman–Crippen LogP) is 6.24. The van der Waals surface area contributed by atoms with Gasteiger partial charge in [-0.15, -0.1) is 0 Å². The first kappa shape index (κ1) is 33.8. The van der Waals surface area contributed by atoms with E-state index in [0.29, 0.717) is 54.7 Å². The van der Waals surface area contributed by atoms with E-state index < -0.39 is 0 Å². The first-order chi connectivity index (χ1) is 22.8. The van der Waals surface area contributed by atoms with Gasteiger partial charge < -0.3 is 29.7 Å². The van der Waals surface area contributed by atoms with Crippen LogP contribution in [-0.2, 0) is 16.0 Å². The number of nitrogens with zero attached hydrogens (tertiary/aromatic N) is 1. The third-order valence-electron chi connectivity index (χ3n) is 9.42. The zero-order chi connectivity index (χ0) is 33.3. The van der Waals surface area contributed by atoms with Crippen molar-refractivity contribution < 1.29 is 23.8 Å². The van der Waals surface area contributed by atoms with Gasteiger partial charge in [0.05, 0.1) is 33.1 Å². The van der Waals surface area contributed by atoms with E-state index in [2.05, 4.69) is 34.9 Å². The van der Waals surface area contributed by atoms with Crippen molar-refractivity contribution in [3.05, 3.63) is 81.5 Å². The Morgan fingerprint density at radius 1 is 0.872 bits per heavy atom. The van der Waals surface area contributed by atoms with E-state index in [-0.39, 0.29) is 23.3 Å². The summed E-state index contributed by atoms with van der Waals surface area (Å²) in [6, 6.07) is 17.5. The van der Waals surface area contributed by atoms with Crippen molar-refractivity contribution in [3.63, 3.8) is 0 Å². The van der Waals surface area contributed by atoms with Crippen molar-refractivity contribution in [2.24, 2.45) is 0 Å². The summed E-state index contributed by atoms with van der Waals surface area (Å²) in [5.74, 6) is 2.16. The molecule has 3 aromatic rings. The van der Waals surface area contributed by atoms with Gasteiger partial charge in [-0.1, -0.05) is 42.8 Å². The summed E-state index contributed by atoms with van der Waals surface area (Å²) in [5, 5.41) is 6.37. The maximum atomic E-state index is 13.5. The van der Waals surface area contributed by atoms with Crippen molar-refractivity contribution >= 4 is 17.5 Å². The molecule has 9 heteroatoms. The number of carbonyl (C=O) groups excluding carboxylic acids is 2. The Labute approximate surface area is 277 Å². The zero-order valence-electron chi connectivity index (χ0n) is 28.0. The normalized spacial score (nSPS) is 15.9. The predicted molar refractivity (Wildman–Crippen MR) is 185 cm³/mol. The number of piperidine rings is 1. The fourth-order valence-electron chi connectivity index (χ4n) is 7.00. The molecule has 0 bridgehead atoms. The first-order valence-electron chi connectivity index (χ1n) is 16.7. The smallest absolute Gasteiger partial charge is 0.222 e. The summed E-state index contributed by atoms with van der Waals surface area (Å²) >= 11 is 0. The SMILES string of the molecule is COc1cc2c(c(OC)c1OC)-c1ccc(NCCCCCC(=O)N3CCC(c4ccccc4)CC3)c(=O)cc1C(NC(C)=O)CC2. The fourth-order valence-corrected chi connectivity index (χ4v) is 7.00. The summed E-state index contributed by atoms with van der Waals surface area (Å²) < 4.78 is 17.1. The van der Waals surface area contributed by atoms with Gasteiger partial charge in [0.25, 0.3) is 0 Å². The number of carbonyl (C=O) groups is 2. The Bertz CT molecular complexity index is 1620. The summed E-state index contributed by atoms with van der Waals surface area (Å²) in [6.07, 6.45) is 6.37. The molecule has 9 nitrogen and oxygen atoms in total. The highest BCUT2D eigenvalue weighted by molar-refractivity contribution is 5.83. The fraction of sp³-hybridized carbons (Fsp3) is 0.447. The molecule has 1 aliphatic carbocycles. The second-order valence-electron chi connectivity index (χ2n) is 12.4. The van der Waals surface area contributed by atoms with E-state index in [0.717, 1.165) is 67.4 Å². The van der Waals surface area contributed by atoms with E-state index >= 15 is 0 Å². The second-order valence-corrected chi connectivity index (χ2v) is 12.4. The molecule has 250 valence electrons. The molecule has 3 aromatic carbocycles. The second kappa shape index (κ2) is 15.8. The van der Waals surface area contributed by atoms with E-state index in [9.17, 15) is 14.4 Å². The lowest BCUT2D eigenvalue weighted by Gasteiger charge is -2.32. The number of aryl methyl sites for hydroxylation is 1. The van der Waals surface area contributed by atoms with Crippen LogP contribution in [0.5, 0.6) is 17.2 Å². The van der Waals surface area contributed by atoms with E-state index in [4.69, 9.17) is 14.2 Å². The molecule has 0 aromatic heterocycles. The summed E-state index contributed by atoms with van der Waals surface area (Å²) in [7, 11) is 4.74. The number of anilines is 1. The van der Waals surface area contributed by atoms with Gasteiger partial charge in [0.1, 0.15) is 0 Å². The molecule has 47 heavy (non-hydrogen) atoms. The van der Waals surface area contributed by atoms with Crippen molar-refractivity contribution in [2.45, 2.75) is 70.3 Å². The van der Waals surface area contributed by atoms with Gasteiger partial charge in [-0.05, 0) is 84.9 Å². The lowest BCUT2D eigenvalue weighted by Crippen LogP contribution is -2.37. The third-order valence-corrected chi connectivity index (χ3v) is 9.42. The number of rotatable bonds is 12. The Kier molecular flexibility index (Phi) is 11.4. The molecule has 1 atom stereocenters. The number of nitrogens with one attached hydrogen (secondary N) is 2. The van der Waals surface area contributed by atoms with Crippen LogP contribution in [-0.4, -0.2) is 57.7 Å². The van der Waals surface area contributed by atoms with Crippen molar-refractivity contribution in [1.82, 2.24) is 10.2 Å². The summed E-state index contributed by atoms with van der Waals surface area (Å²) in [6.45, 7) is 3.74. The summed E-state index contributed by atoms with van der Waals surface area (Å²) in [5.41, 5.74) is 5.03. The van der Waals surface area contributed by atoms with Crippen molar-refractivity contribution in [2.75, 3.05) is 46.3 Å². The number of amides is 2. The van der Waals surface area contributed by atoms with E-state index in [1.165, 1.54) is 12.5 Å². The third kappa shape index (κ3) is 7.89. The minimum absolute atomic E-state index is 0.154. The number of unbranched alkanes of at least 4 members (excludes halogenated alkanes) is 2. The molecule has 0 spiro atoms. The van der Waals surface area contributed by atoms with Crippen LogP contribution in [0.3, 0.4) is 0 Å². The lowest BCUT2D eigenvalue weighted by atomic mass is 9.89. The Balaban J connectivity index is 1.23. The standard InChI is InChI=1S/C38H47N3O6/c1-25(42)40-31-16-14-28-23-34(45-2)37(46-3)38(47-4)36(28)29-15-17-32(33(43)24-30(29)31)39-20-10-6-9-13-35(44)41-21-18-27(19-22-41)26-11-7-5-8-12-26/h5,7-8,11-12,15,17,23-24,27,31H,6,9-10,13-14,16,18-22H2,1-4H3,(H,39,43)(H,40,42). The van der Waals surface area contributed by atoms with Crippen LogP contribution in [0.2, 0.25) is 0 Å². The number of ether oxygens (including phenoxy) is 3. The number of hydrogen-bond donors (Lipinski definition) is 2. The maximum absolute atomic E-state index is 13.5. The van der Waals surface area contributed by atoms with Crippen LogP contribution >= 0.6 is 0 Å². The largest absolute Gasteiger partial charge is 0.493 e. The zero-order valence-corrected chi connectivity index (χ0v) is 28.0. The Morgan fingerprint density at radius 2 is 1.62 bits per heavy atom. The molecule has 5 rings (SSSR count). The quantitative estimate of drug-likeness (QED) is 0.226. The molecule has 1 heterocycles. The maximum Gasteiger partial charge on any atom is 0.222 e. The van der Waals surface area contributed by atoms with Gasteiger partial charge in [-0.3, -0.25) is 14.4 Å². The van der Waals surface area contributed by atoms with Gasteiger partial charge in [-0.25, -0.2) is 0 Å². The van der Waals surface area contributed by atoms with Crippen LogP contribution in [0.1, 0.15) is 80.5 Å². The van der Waals surface area contributed by atoms with Gasteiger partial charge in [0.2, 0.25) is 23.0 Å². The molecule has 1 saturated heterocycles. The van der Waals surface area contributed by atoms with Gasteiger partial charge >= 0.3 is 0 Å². The van der Waals surface area contributed by atoms with Crippen LogP contribution in [0, 0.1) is 0 Å². The number of fused-ring (bicyclic) bond motifs is 3. The van der Waals surface area contributed by atoms with Crippen LogP contribution < -0.4 is 30.3 Å². The Hall–Kier alpha value is -4.53. The molecule has 2 N–H and O–H groups in total. The number of likely N-dealkylation sites (tertiary alicyclic amines) is 1. The molecule has 2 aliphatic rings. The Morgan fingerprint density at radius 3 is 2.30 bits per heavy atom. The minimum Gasteiger partial charge on any atom is -0.493 e. The monoisotopic (exact) mass is 641 g/mol. The van der Waals surface area contributed by atoms with Gasteiger partial charge in [0, 0.05) is 38.5 Å². The molecular formula is C38H47N3O6. The first-order valence-corrected chi connectivity index (χ1v) is 16.7. The molecule has 0 saturated carbocycles. The van der Waals surface area contributed by atoms with Crippen molar-refractivity contribution in [3.8, 4) is 28.4 Å². The highest BCUT2D eigenvalue weighted by atomic mass is 16.5. The van der Waals surface area contributed by atoms with Crippen LogP contribution in [0.25, 0.3) is 11.1 Å². The highest BCUT2D eigenvalue weighted by Gasteiger charge is 2.29. The molecule has 1 fully saturated rings. The lowest BCUT2D eigenvalue weighted by molar-refractivity contribution is -0.132. The molecule has 1 unspecified atom stereocenters. The average Bonchev–Trinajstić information content (AvgIpc) is 3.33. The van der Waals surface area contributed by atoms with Crippen LogP contribution in [0.15, 0.2) is 59.4 Å². The molecule has 2 amide bonds. The van der Waals surface area contributed by atoms with Gasteiger partial charge in [-0.2, -0.15) is 0 Å². The molecule has 0 radical (unpaired) electrons. The molecular weight excluding hydrogens is 594 g/mol. The number of hydrogen-bond acceptors (Lipinski definition) is 7. The van der Waals surface area contributed by atoms with E-state index in [1.807, 2.05) is 23.1 Å². The number of benzene rings is 2. The summed E-state index contributed by atoms with van der Waals surface area (Å²) in [4.78, 5) is 40.6. The highest BCUT2D eigenvalue weighted by Crippen LogP contribution is 2.50. The average molecular weight is 642 g/mol. The number of methoxy groups -OCH3 is 3. The van der Waals surface area contributed by atoms with Crippen molar-refractivity contribution in [1.29, 1.82) is 0 Å².